The standard InChI is InChI=1S/C14H18ClFN2O/c1-2-9-4-3-5-11(6-9)18-14(19)12-7-10(16)8-17-13(12)15/h7-9,11H,2-6H2,1H3,(H,18,19). The van der Waals surface area contributed by atoms with Crippen LogP contribution in [-0.2, 0) is 0 Å². The highest BCUT2D eigenvalue weighted by Crippen LogP contribution is 2.27. The molecule has 5 heteroatoms. The maximum Gasteiger partial charge on any atom is 0.254 e. The van der Waals surface area contributed by atoms with Crippen LogP contribution in [0.1, 0.15) is 49.4 Å². The lowest BCUT2D eigenvalue weighted by Gasteiger charge is -2.29. The van der Waals surface area contributed by atoms with Crippen LogP contribution in [0.25, 0.3) is 0 Å². The number of carbonyl (C=O) groups excluding carboxylic acids is 1. The molecule has 0 radical (unpaired) electrons. The first-order valence-electron chi connectivity index (χ1n) is 6.72. The third-order valence-corrected chi connectivity index (χ3v) is 4.05. The molecular formula is C14H18ClFN2O. The summed E-state index contributed by atoms with van der Waals surface area (Å²) in [6.07, 6.45) is 6.45. The molecule has 0 aromatic carbocycles. The zero-order valence-corrected chi connectivity index (χ0v) is 11.7. The summed E-state index contributed by atoms with van der Waals surface area (Å²) in [5.41, 5.74) is 0.111. The lowest BCUT2D eigenvalue weighted by atomic mass is 9.84. The first kappa shape index (κ1) is 14.3. The molecule has 1 aromatic rings. The second-order valence-electron chi connectivity index (χ2n) is 5.10. The van der Waals surface area contributed by atoms with Crippen molar-refractivity contribution >= 4 is 17.5 Å². The molecule has 2 rings (SSSR count). The third-order valence-electron chi connectivity index (χ3n) is 3.75. The van der Waals surface area contributed by atoms with E-state index in [4.69, 9.17) is 11.6 Å². The second-order valence-corrected chi connectivity index (χ2v) is 5.46. The van der Waals surface area contributed by atoms with Gasteiger partial charge in [-0.25, -0.2) is 9.37 Å². The average molecular weight is 285 g/mol. The van der Waals surface area contributed by atoms with Crippen molar-refractivity contribution in [2.75, 3.05) is 0 Å². The van der Waals surface area contributed by atoms with Crippen molar-refractivity contribution in [1.29, 1.82) is 0 Å². The summed E-state index contributed by atoms with van der Waals surface area (Å²) in [4.78, 5) is 15.7. The number of nitrogens with one attached hydrogen (secondary N) is 1. The fourth-order valence-corrected chi connectivity index (χ4v) is 2.83. The van der Waals surface area contributed by atoms with Crippen molar-refractivity contribution in [1.82, 2.24) is 10.3 Å². The first-order valence-corrected chi connectivity index (χ1v) is 7.09. The Bertz CT molecular complexity index is 467. The number of halogens is 2. The summed E-state index contributed by atoms with van der Waals surface area (Å²) in [6, 6.07) is 1.29. The van der Waals surface area contributed by atoms with Crippen LogP contribution in [-0.4, -0.2) is 16.9 Å². The summed E-state index contributed by atoms with van der Waals surface area (Å²) < 4.78 is 13.1. The SMILES string of the molecule is CCC1CCCC(NC(=O)c2cc(F)cnc2Cl)C1. The quantitative estimate of drug-likeness (QED) is 0.862. The van der Waals surface area contributed by atoms with E-state index in [2.05, 4.69) is 17.2 Å². The van der Waals surface area contributed by atoms with Crippen LogP contribution >= 0.6 is 11.6 Å². The molecule has 0 spiro atoms. The maximum atomic E-state index is 13.1. The number of carbonyl (C=O) groups is 1. The number of aromatic nitrogens is 1. The van der Waals surface area contributed by atoms with Gasteiger partial charge in [-0.15, -0.1) is 0 Å². The minimum atomic E-state index is -0.551. The van der Waals surface area contributed by atoms with Crippen LogP contribution in [0.5, 0.6) is 0 Å². The van der Waals surface area contributed by atoms with E-state index in [0.29, 0.717) is 5.92 Å². The molecule has 1 aliphatic carbocycles. The zero-order valence-electron chi connectivity index (χ0n) is 11.0. The van der Waals surface area contributed by atoms with Gasteiger partial charge in [-0.1, -0.05) is 37.8 Å². The van der Waals surface area contributed by atoms with Crippen molar-refractivity contribution in [2.24, 2.45) is 5.92 Å². The summed E-state index contributed by atoms with van der Waals surface area (Å²) >= 11 is 5.83. The van der Waals surface area contributed by atoms with Crippen LogP contribution in [0.2, 0.25) is 5.15 Å². The molecule has 0 bridgehead atoms. The summed E-state index contributed by atoms with van der Waals surface area (Å²) in [5, 5.41) is 2.98. The highest BCUT2D eigenvalue weighted by atomic mass is 35.5. The van der Waals surface area contributed by atoms with E-state index in [9.17, 15) is 9.18 Å². The van der Waals surface area contributed by atoms with Crippen LogP contribution in [0.15, 0.2) is 12.3 Å². The largest absolute Gasteiger partial charge is 0.349 e. The van der Waals surface area contributed by atoms with E-state index in [-0.39, 0.29) is 22.7 Å². The van der Waals surface area contributed by atoms with Crippen molar-refractivity contribution < 1.29 is 9.18 Å². The molecule has 1 aromatic heterocycles. The zero-order chi connectivity index (χ0) is 13.8. The Morgan fingerprint density at radius 3 is 3.11 bits per heavy atom. The number of pyridine rings is 1. The van der Waals surface area contributed by atoms with Gasteiger partial charge in [-0.05, 0) is 24.8 Å². The summed E-state index contributed by atoms with van der Waals surface area (Å²) in [5.74, 6) is -0.219. The number of rotatable bonds is 3. The Kier molecular flexibility index (Phi) is 4.75. The van der Waals surface area contributed by atoms with Gasteiger partial charge in [0.2, 0.25) is 0 Å². The molecule has 3 nitrogen and oxygen atoms in total. The predicted octanol–water partition coefficient (Wildman–Crippen LogP) is 3.57. The third kappa shape index (κ3) is 3.66. The molecule has 104 valence electrons. The van der Waals surface area contributed by atoms with Crippen LogP contribution < -0.4 is 5.32 Å². The molecule has 0 saturated heterocycles. The normalized spacial score (nSPS) is 23.1. The van der Waals surface area contributed by atoms with Gasteiger partial charge in [-0.2, -0.15) is 0 Å². The molecule has 1 aliphatic rings. The van der Waals surface area contributed by atoms with E-state index in [1.54, 1.807) is 0 Å². The van der Waals surface area contributed by atoms with E-state index < -0.39 is 5.82 Å². The fraction of sp³-hybridized carbons (Fsp3) is 0.571. The van der Waals surface area contributed by atoms with Crippen molar-refractivity contribution in [3.8, 4) is 0 Å². The molecule has 2 unspecified atom stereocenters. The Balaban J connectivity index is 2.02. The van der Waals surface area contributed by atoms with Gasteiger partial charge in [0, 0.05) is 6.04 Å². The number of hydrogen-bond acceptors (Lipinski definition) is 2. The van der Waals surface area contributed by atoms with Gasteiger partial charge in [-0.3, -0.25) is 4.79 Å². The van der Waals surface area contributed by atoms with E-state index >= 15 is 0 Å². The minimum Gasteiger partial charge on any atom is -0.349 e. The van der Waals surface area contributed by atoms with E-state index in [0.717, 1.165) is 37.9 Å². The number of amides is 1. The monoisotopic (exact) mass is 284 g/mol. The summed E-state index contributed by atoms with van der Waals surface area (Å²) in [7, 11) is 0. The molecule has 1 heterocycles. The fourth-order valence-electron chi connectivity index (χ4n) is 2.64. The Hall–Kier alpha value is -1.16. The Morgan fingerprint density at radius 2 is 2.37 bits per heavy atom. The highest BCUT2D eigenvalue weighted by molar-refractivity contribution is 6.32. The first-order chi connectivity index (χ1) is 9.10. The Morgan fingerprint density at radius 1 is 1.58 bits per heavy atom. The molecular weight excluding hydrogens is 267 g/mol. The minimum absolute atomic E-state index is 0.0433. The molecule has 2 atom stereocenters. The van der Waals surface area contributed by atoms with Gasteiger partial charge in [0.05, 0.1) is 11.8 Å². The van der Waals surface area contributed by atoms with Gasteiger partial charge in [0.25, 0.3) is 5.91 Å². The van der Waals surface area contributed by atoms with Gasteiger partial charge < -0.3 is 5.32 Å². The average Bonchev–Trinajstić information content (AvgIpc) is 2.41. The second kappa shape index (κ2) is 6.33. The number of nitrogens with zero attached hydrogens (tertiary/aromatic N) is 1. The molecule has 19 heavy (non-hydrogen) atoms. The highest BCUT2D eigenvalue weighted by Gasteiger charge is 2.23. The molecule has 1 N–H and O–H groups in total. The molecule has 0 aliphatic heterocycles. The number of hydrogen-bond donors (Lipinski definition) is 1. The smallest absolute Gasteiger partial charge is 0.254 e. The van der Waals surface area contributed by atoms with Crippen LogP contribution in [0.3, 0.4) is 0 Å². The Labute approximate surface area is 117 Å². The van der Waals surface area contributed by atoms with Crippen molar-refractivity contribution in [3.05, 3.63) is 28.8 Å². The van der Waals surface area contributed by atoms with Crippen molar-refractivity contribution in [2.45, 2.75) is 45.1 Å². The molecule has 1 fully saturated rings. The molecule has 1 saturated carbocycles. The van der Waals surface area contributed by atoms with E-state index in [1.165, 1.54) is 6.42 Å². The van der Waals surface area contributed by atoms with Crippen LogP contribution in [0.4, 0.5) is 4.39 Å². The van der Waals surface area contributed by atoms with Gasteiger partial charge in [0.1, 0.15) is 11.0 Å². The topological polar surface area (TPSA) is 42.0 Å². The summed E-state index contributed by atoms with van der Waals surface area (Å²) in [6.45, 7) is 2.17. The maximum absolute atomic E-state index is 13.1. The van der Waals surface area contributed by atoms with Gasteiger partial charge >= 0.3 is 0 Å². The lowest BCUT2D eigenvalue weighted by molar-refractivity contribution is 0.0918. The lowest BCUT2D eigenvalue weighted by Crippen LogP contribution is -2.38. The molecule has 1 amide bonds. The van der Waals surface area contributed by atoms with E-state index in [1.807, 2.05) is 0 Å². The van der Waals surface area contributed by atoms with Crippen molar-refractivity contribution in [3.63, 3.8) is 0 Å². The van der Waals surface area contributed by atoms with Crippen LogP contribution in [0, 0.1) is 11.7 Å². The van der Waals surface area contributed by atoms with Gasteiger partial charge in [0.15, 0.2) is 0 Å². The predicted molar refractivity (Wildman–Crippen MR) is 72.7 cm³/mol.